The second-order valence-corrected chi connectivity index (χ2v) is 4.00. The first-order chi connectivity index (χ1) is 9.23. The average molecular weight is 290 g/mol. The van der Waals surface area contributed by atoms with Crippen LogP contribution in [0.1, 0.15) is 0 Å². The summed E-state index contributed by atoms with van der Waals surface area (Å²) in [6.07, 6.45) is 0. The quantitative estimate of drug-likeness (QED) is 0.418. The second kappa shape index (κ2) is 8.56. The second-order valence-electron chi connectivity index (χ2n) is 4.00. The predicted molar refractivity (Wildman–Crippen MR) is 67.3 cm³/mol. The summed E-state index contributed by atoms with van der Waals surface area (Å²) in [5.74, 6) is -2.63. The number of aliphatic carboxylic acids is 2. The van der Waals surface area contributed by atoms with Gasteiger partial charge in [0.2, 0.25) is 0 Å². The number of carbonyl (C=O) groups excluding carboxylic acids is 2. The van der Waals surface area contributed by atoms with E-state index < -0.39 is 31.1 Å². The topological polar surface area (TPSA) is 139 Å². The predicted octanol–water partition coefficient (Wildman–Crippen LogP) is -1.56. The van der Waals surface area contributed by atoms with Crippen molar-refractivity contribution in [3.63, 3.8) is 0 Å². The summed E-state index contributed by atoms with van der Waals surface area (Å²) in [7, 11) is 3.10. The van der Waals surface area contributed by atoms with Crippen LogP contribution in [-0.2, 0) is 9.59 Å². The largest absolute Gasteiger partial charge is 0.480 e. The third kappa shape index (κ3) is 7.74. The Morgan fingerprint density at radius 2 is 1.25 bits per heavy atom. The van der Waals surface area contributed by atoms with Gasteiger partial charge in [-0.25, -0.2) is 9.59 Å². The van der Waals surface area contributed by atoms with Crippen LogP contribution in [-0.4, -0.2) is 84.3 Å². The van der Waals surface area contributed by atoms with Gasteiger partial charge in [0.15, 0.2) is 0 Å². The van der Waals surface area contributed by atoms with Crippen LogP contribution in [0.2, 0.25) is 0 Å². The number of carbonyl (C=O) groups is 4. The summed E-state index contributed by atoms with van der Waals surface area (Å²) < 4.78 is 0. The minimum Gasteiger partial charge on any atom is -0.480 e. The summed E-state index contributed by atoms with van der Waals surface area (Å²) in [5, 5.41) is 21.9. The van der Waals surface area contributed by atoms with Gasteiger partial charge in [-0.3, -0.25) is 9.59 Å². The molecule has 0 rings (SSSR count). The molecule has 0 aromatic rings. The lowest BCUT2D eigenvalue weighted by molar-refractivity contribution is -0.140. The molecule has 0 aromatic carbocycles. The highest BCUT2D eigenvalue weighted by molar-refractivity contribution is 5.84. The monoisotopic (exact) mass is 290 g/mol. The number of carboxylic acids is 2. The Balaban J connectivity index is 4.16. The van der Waals surface area contributed by atoms with Gasteiger partial charge in [0.05, 0.1) is 0 Å². The number of nitrogens with one attached hydrogen (secondary N) is 2. The molecule has 0 fully saturated rings. The highest BCUT2D eigenvalue weighted by atomic mass is 16.4. The molecule has 4 N–H and O–H groups in total. The molecule has 0 aliphatic carbocycles. The number of carboxylic acid groups (broad SMARTS) is 2. The van der Waals surface area contributed by atoms with Crippen molar-refractivity contribution < 1.29 is 29.4 Å². The van der Waals surface area contributed by atoms with E-state index >= 15 is 0 Å². The molecule has 0 aliphatic heterocycles. The fraction of sp³-hybridized carbons (Fsp3) is 0.600. The molecule has 0 bridgehead atoms. The Labute approximate surface area is 115 Å². The number of hydrogen-bond acceptors (Lipinski definition) is 4. The molecule has 114 valence electrons. The first-order valence-corrected chi connectivity index (χ1v) is 5.65. The van der Waals surface area contributed by atoms with Gasteiger partial charge in [-0.05, 0) is 0 Å². The van der Waals surface area contributed by atoms with Crippen LogP contribution in [0.5, 0.6) is 0 Å². The van der Waals surface area contributed by atoms with Crippen molar-refractivity contribution in [3.8, 4) is 0 Å². The molecule has 0 spiro atoms. The summed E-state index contributed by atoms with van der Waals surface area (Å²) >= 11 is 0. The minimum atomic E-state index is -1.32. The Morgan fingerprint density at radius 3 is 1.60 bits per heavy atom. The zero-order chi connectivity index (χ0) is 15.7. The molecule has 0 unspecified atom stereocenters. The average Bonchev–Trinajstić information content (AvgIpc) is 2.31. The van der Waals surface area contributed by atoms with E-state index in [0.717, 1.165) is 0 Å². The van der Waals surface area contributed by atoms with Crippen LogP contribution in [0.15, 0.2) is 0 Å². The molecule has 0 saturated heterocycles. The molecule has 0 radical (unpaired) electrons. The van der Waals surface area contributed by atoms with Crippen LogP contribution in [0.25, 0.3) is 0 Å². The van der Waals surface area contributed by atoms with Crippen LogP contribution >= 0.6 is 0 Å². The smallest absolute Gasteiger partial charge is 0.323 e. The minimum absolute atomic E-state index is 0.0498. The first kappa shape index (κ1) is 17.5. The van der Waals surface area contributed by atoms with Gasteiger partial charge in [0, 0.05) is 27.2 Å². The molecule has 4 amide bonds. The van der Waals surface area contributed by atoms with Crippen molar-refractivity contribution in [1.82, 2.24) is 20.4 Å². The van der Waals surface area contributed by atoms with Crippen molar-refractivity contribution in [1.29, 1.82) is 0 Å². The third-order valence-electron chi connectivity index (χ3n) is 2.02. The zero-order valence-corrected chi connectivity index (χ0v) is 11.3. The van der Waals surface area contributed by atoms with Crippen molar-refractivity contribution in [2.75, 3.05) is 40.3 Å². The van der Waals surface area contributed by atoms with Crippen molar-refractivity contribution in [3.05, 3.63) is 0 Å². The number of amides is 4. The van der Waals surface area contributed by atoms with E-state index in [9.17, 15) is 19.2 Å². The van der Waals surface area contributed by atoms with E-state index in [-0.39, 0.29) is 19.1 Å². The van der Waals surface area contributed by atoms with Gasteiger partial charge >= 0.3 is 24.0 Å². The van der Waals surface area contributed by atoms with Gasteiger partial charge in [0.25, 0.3) is 0 Å². The fourth-order valence-electron chi connectivity index (χ4n) is 1.13. The lowest BCUT2D eigenvalue weighted by Gasteiger charge is -2.19. The van der Waals surface area contributed by atoms with Gasteiger partial charge in [-0.2, -0.15) is 0 Å². The van der Waals surface area contributed by atoms with E-state index in [4.69, 9.17) is 10.2 Å². The van der Waals surface area contributed by atoms with E-state index in [0.29, 0.717) is 4.90 Å². The summed E-state index contributed by atoms with van der Waals surface area (Å²) in [6, 6.07) is -1.17. The molecule has 10 heteroatoms. The fourth-order valence-corrected chi connectivity index (χ4v) is 1.13. The van der Waals surface area contributed by atoms with Gasteiger partial charge < -0.3 is 30.6 Å². The van der Waals surface area contributed by atoms with Crippen LogP contribution in [0, 0.1) is 0 Å². The van der Waals surface area contributed by atoms with E-state index in [1.807, 2.05) is 0 Å². The first-order valence-electron chi connectivity index (χ1n) is 5.65. The Bertz CT molecular complexity index is 368. The van der Waals surface area contributed by atoms with E-state index in [2.05, 4.69) is 10.6 Å². The number of rotatable bonds is 7. The van der Waals surface area contributed by atoms with E-state index in [1.165, 1.54) is 4.90 Å². The Kier molecular flexibility index (Phi) is 7.48. The maximum absolute atomic E-state index is 11.6. The summed E-state index contributed by atoms with van der Waals surface area (Å²) in [5.41, 5.74) is 0. The zero-order valence-electron chi connectivity index (χ0n) is 11.3. The van der Waals surface area contributed by atoms with Crippen LogP contribution < -0.4 is 10.6 Å². The summed E-state index contributed by atoms with van der Waals surface area (Å²) in [4.78, 5) is 45.7. The van der Waals surface area contributed by atoms with Gasteiger partial charge in [0.1, 0.15) is 13.1 Å². The molecule has 0 aliphatic rings. The molecule has 20 heavy (non-hydrogen) atoms. The number of hydrogen-bond donors (Lipinski definition) is 4. The van der Waals surface area contributed by atoms with Gasteiger partial charge in [-0.15, -0.1) is 0 Å². The molecular formula is C10H18N4O6. The van der Waals surface area contributed by atoms with Crippen LogP contribution in [0.3, 0.4) is 0 Å². The lowest BCUT2D eigenvalue weighted by Crippen LogP contribution is -2.47. The molecule has 0 atom stereocenters. The lowest BCUT2D eigenvalue weighted by atomic mass is 10.5. The van der Waals surface area contributed by atoms with Crippen molar-refractivity contribution >= 4 is 24.0 Å². The number of urea groups is 2. The summed E-state index contributed by atoms with van der Waals surface area (Å²) in [6.45, 7) is -1.25. The molecule has 0 saturated carbocycles. The normalized spacial score (nSPS) is 9.50. The number of nitrogens with zero attached hydrogens (tertiary/aromatic N) is 2. The maximum atomic E-state index is 11.6. The molecular weight excluding hydrogens is 272 g/mol. The van der Waals surface area contributed by atoms with Crippen molar-refractivity contribution in [2.45, 2.75) is 0 Å². The molecule has 0 heterocycles. The highest BCUT2D eigenvalue weighted by Gasteiger charge is 2.19. The van der Waals surface area contributed by atoms with Crippen LogP contribution in [0.4, 0.5) is 9.59 Å². The maximum Gasteiger partial charge on any atom is 0.323 e. The Morgan fingerprint density at radius 1 is 0.850 bits per heavy atom. The van der Waals surface area contributed by atoms with Gasteiger partial charge in [-0.1, -0.05) is 0 Å². The highest BCUT2D eigenvalue weighted by Crippen LogP contribution is 1.90. The SMILES string of the molecule is CN(C)C(=O)NCCNC(=O)N(CC(=O)O)CC(=O)O. The molecule has 10 nitrogen and oxygen atoms in total. The van der Waals surface area contributed by atoms with E-state index in [1.54, 1.807) is 14.1 Å². The third-order valence-corrected chi connectivity index (χ3v) is 2.02. The molecule has 0 aromatic heterocycles. The standard InChI is InChI=1S/C10H18N4O6/c1-13(2)9(19)11-3-4-12-10(20)14(5-7(15)16)6-8(17)18/h3-6H2,1-2H3,(H,11,19)(H,12,20)(H,15,16)(H,17,18). The Hall–Kier alpha value is -2.52. The van der Waals surface area contributed by atoms with Crippen molar-refractivity contribution in [2.24, 2.45) is 0 Å².